The molecule has 2 N–H and O–H groups in total. The van der Waals surface area contributed by atoms with E-state index in [9.17, 15) is 24.9 Å². The van der Waals surface area contributed by atoms with Crippen molar-refractivity contribution in [3.63, 3.8) is 0 Å². The number of thioether (sulfide) groups is 1. The predicted octanol–water partition coefficient (Wildman–Crippen LogP) is 1.70. The highest BCUT2D eigenvalue weighted by Crippen LogP contribution is 2.38. The van der Waals surface area contributed by atoms with Crippen LogP contribution in [0.2, 0.25) is 0 Å². The molecule has 2 fully saturated rings. The quantitative estimate of drug-likeness (QED) is 0.153. The van der Waals surface area contributed by atoms with Gasteiger partial charge in [0.25, 0.3) is 0 Å². The smallest absolute Gasteiger partial charge is 0.315 e. The molecule has 0 aromatic heterocycles. The number of aldehydes is 1. The van der Waals surface area contributed by atoms with Crippen molar-refractivity contribution in [2.45, 2.75) is 43.0 Å². The van der Waals surface area contributed by atoms with Gasteiger partial charge < -0.3 is 29.8 Å². The molecule has 0 spiro atoms. The molecule has 2 heterocycles. The normalized spacial score (nSPS) is 21.5. The van der Waals surface area contributed by atoms with Crippen molar-refractivity contribution in [2.24, 2.45) is 0 Å². The first-order chi connectivity index (χ1) is 16.9. The lowest BCUT2D eigenvalue weighted by Gasteiger charge is -2.32. The summed E-state index contributed by atoms with van der Waals surface area (Å²) < 4.78 is 16.0. The molecule has 35 heavy (non-hydrogen) atoms. The highest BCUT2D eigenvalue weighted by atomic mass is 32.2. The summed E-state index contributed by atoms with van der Waals surface area (Å²) in [6.45, 7) is 1.20. The monoisotopic (exact) mass is 511 g/mol. The Morgan fingerprint density at radius 2 is 2.17 bits per heavy atom. The third-order valence-corrected chi connectivity index (χ3v) is 7.41. The van der Waals surface area contributed by atoms with Crippen molar-refractivity contribution in [1.82, 2.24) is 15.7 Å². The van der Waals surface area contributed by atoms with E-state index >= 15 is 0 Å². The lowest BCUT2D eigenvalue weighted by Crippen LogP contribution is -2.36. The molecule has 3 rings (SSSR count). The lowest BCUT2D eigenvalue weighted by atomic mass is 10.0. The summed E-state index contributed by atoms with van der Waals surface area (Å²) in [4.78, 5) is 33.6. The van der Waals surface area contributed by atoms with Gasteiger partial charge in [0.05, 0.1) is 25.2 Å². The summed E-state index contributed by atoms with van der Waals surface area (Å²) in [5, 5.41) is 30.7. The average Bonchev–Trinajstić information content (AvgIpc) is 3.43. The van der Waals surface area contributed by atoms with Crippen LogP contribution in [0.25, 0.3) is 0 Å². The number of nitrogens with zero attached hydrogens (tertiary/aromatic N) is 2. The van der Waals surface area contributed by atoms with Gasteiger partial charge in [-0.15, -0.1) is 0 Å². The minimum Gasteiger partial charge on any atom is -0.784 e. The number of nitro groups is 1. The summed E-state index contributed by atoms with van der Waals surface area (Å²) >= 11 is 1.84. The molecule has 2 aliphatic rings. The molecule has 3 atom stereocenters. The van der Waals surface area contributed by atoms with E-state index in [0.717, 1.165) is 36.1 Å². The molecule has 0 bridgehead atoms. The highest BCUT2D eigenvalue weighted by molar-refractivity contribution is 8.00. The number of fused-ring (bicyclic) bond motifs is 1. The first-order valence-corrected chi connectivity index (χ1v) is 12.6. The fourth-order valence-corrected chi connectivity index (χ4v) is 5.84. The Bertz CT molecular complexity index is 889. The number of carbonyl (C=O) groups excluding carboxylic acids is 2. The number of hydrogen-bond donors (Lipinski definition) is 2. The van der Waals surface area contributed by atoms with Crippen LogP contribution in [0.3, 0.4) is 0 Å². The van der Waals surface area contributed by atoms with Crippen molar-refractivity contribution < 1.29 is 28.7 Å². The van der Waals surface area contributed by atoms with Gasteiger partial charge in [0, 0.05) is 54.4 Å². The minimum atomic E-state index is -0.644. The van der Waals surface area contributed by atoms with Gasteiger partial charge in [0.2, 0.25) is 11.7 Å². The maximum Gasteiger partial charge on any atom is 0.315 e. The second-order valence-corrected chi connectivity index (χ2v) is 9.52. The molecule has 13 heteroatoms. The van der Waals surface area contributed by atoms with Gasteiger partial charge >= 0.3 is 5.69 Å². The largest absolute Gasteiger partial charge is 0.784 e. The van der Waals surface area contributed by atoms with Crippen molar-refractivity contribution in [2.75, 3.05) is 45.9 Å². The Kier molecular flexibility index (Phi) is 10.5. The predicted molar refractivity (Wildman–Crippen MR) is 130 cm³/mol. The standard InChI is InChI=1S/C22H31N4O8S/c1-32-18-11-15(12-27)10-17(26(30)31)22(18)34-9-8-33-7-6-23-20(28)5-3-2-4-19-21-16(13-35-19)24-14-25(21)29/h10-12,16,19,21,24H,2-9,13-14H2,1H3,(H,23,28)/q-1. The lowest BCUT2D eigenvalue weighted by molar-refractivity contribution is -0.386. The number of unbranched alkanes of at least 4 members (excludes halogenated alkanes) is 1. The van der Waals surface area contributed by atoms with E-state index in [-0.39, 0.29) is 60.6 Å². The summed E-state index contributed by atoms with van der Waals surface area (Å²) in [5.41, 5.74) is -0.255. The number of amides is 1. The van der Waals surface area contributed by atoms with E-state index < -0.39 is 4.92 Å². The van der Waals surface area contributed by atoms with Crippen molar-refractivity contribution in [3.05, 3.63) is 33.0 Å². The van der Waals surface area contributed by atoms with Gasteiger partial charge in [-0.05, 0) is 18.9 Å². The fraction of sp³-hybridized carbons (Fsp3) is 0.636. The molecule has 194 valence electrons. The van der Waals surface area contributed by atoms with Crippen molar-refractivity contribution >= 4 is 29.6 Å². The van der Waals surface area contributed by atoms with Gasteiger partial charge in [0.15, 0.2) is 5.75 Å². The van der Waals surface area contributed by atoms with Gasteiger partial charge in [-0.3, -0.25) is 25.0 Å². The van der Waals surface area contributed by atoms with Crippen LogP contribution >= 0.6 is 11.8 Å². The zero-order valence-corrected chi connectivity index (χ0v) is 20.4. The van der Waals surface area contributed by atoms with Crippen molar-refractivity contribution in [3.8, 4) is 11.5 Å². The van der Waals surface area contributed by atoms with Crippen LogP contribution in [0, 0.1) is 15.3 Å². The van der Waals surface area contributed by atoms with Crippen LogP contribution in [0.4, 0.5) is 5.69 Å². The maximum atomic E-state index is 12.0. The second kappa shape index (κ2) is 13.6. The maximum absolute atomic E-state index is 12.0. The number of benzene rings is 1. The average molecular weight is 512 g/mol. The van der Waals surface area contributed by atoms with Crippen LogP contribution in [-0.4, -0.2) is 85.4 Å². The van der Waals surface area contributed by atoms with E-state index in [1.165, 1.54) is 13.2 Å². The number of methoxy groups -OCH3 is 1. The SMILES string of the molecule is COc1cc(C=O)cc([N+](=O)[O-])c1OCCOCCNC(=O)CCCCC1SCC2NCN([O-])C21. The number of ether oxygens (including phenoxy) is 3. The van der Waals surface area contributed by atoms with E-state index in [1.54, 1.807) is 0 Å². The number of nitro benzene ring substituents is 1. The first kappa shape index (κ1) is 27.1. The van der Waals surface area contributed by atoms with E-state index in [4.69, 9.17) is 14.2 Å². The molecule has 3 unspecified atom stereocenters. The second-order valence-electron chi connectivity index (χ2n) is 8.25. The van der Waals surface area contributed by atoms with Crippen LogP contribution < -0.4 is 20.1 Å². The topological polar surface area (TPSA) is 155 Å². The van der Waals surface area contributed by atoms with Gasteiger partial charge in [0.1, 0.15) is 12.9 Å². The zero-order valence-electron chi connectivity index (χ0n) is 19.6. The summed E-state index contributed by atoms with van der Waals surface area (Å²) in [7, 11) is 1.33. The molecule has 2 saturated heterocycles. The molecule has 0 saturated carbocycles. The highest BCUT2D eigenvalue weighted by Gasteiger charge is 2.40. The molecule has 1 aromatic rings. The third-order valence-electron chi connectivity index (χ3n) is 5.92. The molecular weight excluding hydrogens is 480 g/mol. The summed E-state index contributed by atoms with van der Waals surface area (Å²) in [6, 6.07) is 2.82. The molecule has 1 amide bonds. The van der Waals surface area contributed by atoms with E-state index in [1.807, 2.05) is 11.8 Å². The van der Waals surface area contributed by atoms with Crippen LogP contribution in [0.15, 0.2) is 12.1 Å². The zero-order chi connectivity index (χ0) is 25.2. The Hall–Kier alpha value is -2.45. The Morgan fingerprint density at radius 3 is 2.91 bits per heavy atom. The van der Waals surface area contributed by atoms with Gasteiger partial charge in [-0.25, -0.2) is 0 Å². The molecule has 12 nitrogen and oxygen atoms in total. The van der Waals surface area contributed by atoms with Gasteiger partial charge in [-0.2, -0.15) is 11.8 Å². The molecule has 1 aromatic carbocycles. The van der Waals surface area contributed by atoms with Gasteiger partial charge in [-0.1, -0.05) is 6.42 Å². The van der Waals surface area contributed by atoms with Crippen LogP contribution in [0.1, 0.15) is 36.0 Å². The third kappa shape index (κ3) is 7.51. The summed E-state index contributed by atoms with van der Waals surface area (Å²) in [6.07, 6.45) is 3.52. The first-order valence-electron chi connectivity index (χ1n) is 11.5. The van der Waals surface area contributed by atoms with Crippen molar-refractivity contribution in [1.29, 1.82) is 0 Å². The molecule has 2 aliphatic heterocycles. The van der Waals surface area contributed by atoms with E-state index in [2.05, 4.69) is 10.6 Å². The Labute approximate surface area is 207 Å². The van der Waals surface area contributed by atoms with Crippen LogP contribution in [0.5, 0.6) is 11.5 Å². The molecular formula is C22H31N4O8S-. The Morgan fingerprint density at radius 1 is 1.34 bits per heavy atom. The molecule has 0 aliphatic carbocycles. The van der Waals surface area contributed by atoms with E-state index in [0.29, 0.717) is 31.2 Å². The minimum absolute atomic E-state index is 0.0307. The number of hydrogen-bond acceptors (Lipinski definition) is 11. The summed E-state index contributed by atoms with van der Waals surface area (Å²) in [5.74, 6) is 0.936. The Balaban J connectivity index is 1.25. The van der Waals surface area contributed by atoms with Crippen LogP contribution in [-0.2, 0) is 9.53 Å². The molecule has 0 radical (unpaired) electrons. The fourth-order valence-electron chi connectivity index (χ4n) is 4.21. The number of nitrogens with one attached hydrogen (secondary N) is 2. The number of rotatable bonds is 15. The number of hydroxylamine groups is 2. The number of carbonyl (C=O) groups is 2.